The van der Waals surface area contributed by atoms with E-state index in [0.29, 0.717) is 17.0 Å². The van der Waals surface area contributed by atoms with Gasteiger partial charge < -0.3 is 5.73 Å². The second-order valence-corrected chi connectivity index (χ2v) is 6.63. The third-order valence-corrected chi connectivity index (χ3v) is 5.09. The Morgan fingerprint density at radius 3 is 2.61 bits per heavy atom. The molecule has 0 saturated carbocycles. The summed E-state index contributed by atoms with van der Waals surface area (Å²) in [6.45, 7) is 0. The van der Waals surface area contributed by atoms with Gasteiger partial charge in [0.05, 0.1) is 8.81 Å². The summed E-state index contributed by atoms with van der Waals surface area (Å²) >= 11 is 10.6. The maximum atomic E-state index is 13.5. The van der Waals surface area contributed by atoms with Gasteiger partial charge in [-0.1, -0.05) is 17.7 Å². The van der Waals surface area contributed by atoms with E-state index in [1.165, 1.54) is 23.5 Å². The number of halogens is 4. The molecule has 2 aromatic rings. The first kappa shape index (κ1) is 13.9. The summed E-state index contributed by atoms with van der Waals surface area (Å²) < 4.78 is 27.1. The van der Waals surface area contributed by atoms with Gasteiger partial charge >= 0.3 is 0 Å². The lowest BCUT2D eigenvalue weighted by atomic mass is 10.0. The number of nitrogens with two attached hydrogens (primary N) is 1. The molecule has 1 aromatic carbocycles. The van der Waals surface area contributed by atoms with Crippen LogP contribution in [0.15, 0.2) is 28.1 Å². The first-order valence-electron chi connectivity index (χ1n) is 5.11. The molecule has 2 rings (SSSR count). The van der Waals surface area contributed by atoms with Crippen LogP contribution >= 0.6 is 38.9 Å². The quantitative estimate of drug-likeness (QED) is 0.852. The average molecular weight is 353 g/mol. The van der Waals surface area contributed by atoms with Crippen molar-refractivity contribution in [2.24, 2.45) is 5.73 Å². The molecule has 1 unspecified atom stereocenters. The molecule has 0 aliphatic heterocycles. The Bertz CT molecular complexity index is 554. The van der Waals surface area contributed by atoms with Gasteiger partial charge in [0.25, 0.3) is 0 Å². The van der Waals surface area contributed by atoms with Gasteiger partial charge in [0, 0.05) is 17.0 Å². The summed E-state index contributed by atoms with van der Waals surface area (Å²) in [6, 6.07) is 4.89. The van der Waals surface area contributed by atoms with Crippen LogP contribution in [0.4, 0.5) is 8.78 Å². The first-order valence-corrected chi connectivity index (χ1v) is 7.10. The van der Waals surface area contributed by atoms with Crippen molar-refractivity contribution in [2.45, 2.75) is 12.5 Å². The minimum Gasteiger partial charge on any atom is -0.323 e. The van der Waals surface area contributed by atoms with E-state index in [1.807, 2.05) is 0 Å². The highest BCUT2D eigenvalue weighted by molar-refractivity contribution is 9.11. The topological polar surface area (TPSA) is 26.0 Å². The van der Waals surface area contributed by atoms with Crippen molar-refractivity contribution in [1.29, 1.82) is 0 Å². The Labute approximate surface area is 121 Å². The highest BCUT2D eigenvalue weighted by atomic mass is 79.9. The SMILES string of the molecule is NC(Cc1ccc(F)cc1F)c1cc(Cl)c(Br)s1. The zero-order chi connectivity index (χ0) is 13.3. The summed E-state index contributed by atoms with van der Waals surface area (Å²) in [5.41, 5.74) is 6.38. The summed E-state index contributed by atoms with van der Waals surface area (Å²) in [4.78, 5) is 0.857. The van der Waals surface area contributed by atoms with E-state index in [-0.39, 0.29) is 6.04 Å². The van der Waals surface area contributed by atoms with Gasteiger partial charge in [-0.3, -0.25) is 0 Å². The summed E-state index contributed by atoms with van der Waals surface area (Å²) in [6.07, 6.45) is 0.301. The minimum atomic E-state index is -0.591. The van der Waals surface area contributed by atoms with Crippen LogP contribution in [0.3, 0.4) is 0 Å². The predicted molar refractivity (Wildman–Crippen MR) is 74.0 cm³/mol. The number of benzene rings is 1. The van der Waals surface area contributed by atoms with E-state index in [1.54, 1.807) is 6.07 Å². The molecular formula is C12H9BrClF2NS. The van der Waals surface area contributed by atoms with Crippen molar-refractivity contribution in [3.05, 3.63) is 55.1 Å². The molecule has 0 aliphatic carbocycles. The third kappa shape index (κ3) is 3.09. The minimum absolute atomic E-state index is 0.301. The molecule has 0 radical (unpaired) electrons. The van der Waals surface area contributed by atoms with Gasteiger partial charge in [0.1, 0.15) is 11.6 Å². The van der Waals surface area contributed by atoms with Crippen LogP contribution in [0.25, 0.3) is 0 Å². The van der Waals surface area contributed by atoms with Crippen LogP contribution in [0.2, 0.25) is 5.02 Å². The Morgan fingerprint density at radius 2 is 2.06 bits per heavy atom. The molecule has 96 valence electrons. The standard InChI is InChI=1S/C12H9BrClF2NS/c13-12-8(14)5-11(18-12)10(17)3-6-1-2-7(15)4-9(6)16/h1-2,4-5,10H,3,17H2. The maximum absolute atomic E-state index is 13.5. The van der Waals surface area contributed by atoms with Crippen molar-refractivity contribution in [2.75, 3.05) is 0 Å². The molecular weight excluding hydrogens is 344 g/mol. The molecule has 1 heterocycles. The van der Waals surface area contributed by atoms with Crippen molar-refractivity contribution in [3.8, 4) is 0 Å². The molecule has 6 heteroatoms. The Hall–Kier alpha value is -0.490. The Kier molecular flexibility index (Phi) is 4.37. The average Bonchev–Trinajstić information content (AvgIpc) is 2.63. The molecule has 0 saturated heterocycles. The van der Waals surface area contributed by atoms with Gasteiger partial charge in [0.15, 0.2) is 0 Å². The van der Waals surface area contributed by atoms with Crippen molar-refractivity contribution in [3.63, 3.8) is 0 Å². The Morgan fingerprint density at radius 1 is 1.33 bits per heavy atom. The van der Waals surface area contributed by atoms with E-state index in [9.17, 15) is 8.78 Å². The predicted octanol–water partition coefficient (Wildman–Crippen LogP) is 4.68. The summed E-state index contributed by atoms with van der Waals surface area (Å²) in [5.74, 6) is -1.17. The number of hydrogen-bond donors (Lipinski definition) is 1. The maximum Gasteiger partial charge on any atom is 0.129 e. The largest absolute Gasteiger partial charge is 0.323 e. The van der Waals surface area contributed by atoms with E-state index in [2.05, 4.69) is 15.9 Å². The van der Waals surface area contributed by atoms with E-state index < -0.39 is 11.6 Å². The van der Waals surface area contributed by atoms with Gasteiger partial charge in [0.2, 0.25) is 0 Å². The summed E-state index contributed by atoms with van der Waals surface area (Å²) in [7, 11) is 0. The molecule has 2 N–H and O–H groups in total. The van der Waals surface area contributed by atoms with Crippen molar-refractivity contribution >= 4 is 38.9 Å². The van der Waals surface area contributed by atoms with Crippen LogP contribution in [0.1, 0.15) is 16.5 Å². The van der Waals surface area contributed by atoms with E-state index >= 15 is 0 Å². The molecule has 1 nitrogen and oxygen atoms in total. The highest BCUT2D eigenvalue weighted by Crippen LogP contribution is 2.35. The molecule has 18 heavy (non-hydrogen) atoms. The fourth-order valence-electron chi connectivity index (χ4n) is 1.57. The number of hydrogen-bond acceptors (Lipinski definition) is 2. The monoisotopic (exact) mass is 351 g/mol. The van der Waals surface area contributed by atoms with E-state index in [4.69, 9.17) is 17.3 Å². The molecule has 0 spiro atoms. The van der Waals surface area contributed by atoms with Gasteiger partial charge in [-0.05, 0) is 40.0 Å². The molecule has 1 aromatic heterocycles. The molecule has 0 amide bonds. The lowest BCUT2D eigenvalue weighted by Crippen LogP contribution is -2.12. The van der Waals surface area contributed by atoms with Crippen LogP contribution in [0.5, 0.6) is 0 Å². The molecule has 0 fully saturated rings. The Balaban J connectivity index is 2.18. The van der Waals surface area contributed by atoms with Gasteiger partial charge in [-0.2, -0.15) is 0 Å². The van der Waals surface area contributed by atoms with E-state index in [0.717, 1.165) is 14.7 Å². The zero-order valence-electron chi connectivity index (χ0n) is 9.09. The van der Waals surface area contributed by atoms with Crippen LogP contribution in [-0.2, 0) is 6.42 Å². The van der Waals surface area contributed by atoms with Crippen molar-refractivity contribution < 1.29 is 8.78 Å². The zero-order valence-corrected chi connectivity index (χ0v) is 12.2. The second kappa shape index (κ2) is 5.65. The normalized spacial score (nSPS) is 12.7. The number of rotatable bonds is 3. The lowest BCUT2D eigenvalue weighted by molar-refractivity contribution is 0.564. The van der Waals surface area contributed by atoms with Gasteiger partial charge in [-0.25, -0.2) is 8.78 Å². The van der Waals surface area contributed by atoms with Crippen LogP contribution < -0.4 is 5.73 Å². The number of thiophene rings is 1. The first-order chi connectivity index (χ1) is 8.47. The third-order valence-electron chi connectivity index (χ3n) is 2.48. The molecule has 0 aliphatic rings. The van der Waals surface area contributed by atoms with Gasteiger partial charge in [-0.15, -0.1) is 11.3 Å². The fraction of sp³-hybridized carbons (Fsp3) is 0.167. The highest BCUT2D eigenvalue weighted by Gasteiger charge is 2.15. The molecule has 0 bridgehead atoms. The van der Waals surface area contributed by atoms with Crippen molar-refractivity contribution in [1.82, 2.24) is 0 Å². The lowest BCUT2D eigenvalue weighted by Gasteiger charge is -2.10. The fourth-order valence-corrected chi connectivity index (χ4v) is 3.32. The summed E-state index contributed by atoms with van der Waals surface area (Å²) in [5, 5.41) is 0.588. The second-order valence-electron chi connectivity index (χ2n) is 3.82. The van der Waals surface area contributed by atoms with Crippen LogP contribution in [-0.4, -0.2) is 0 Å². The van der Waals surface area contributed by atoms with Crippen LogP contribution in [0, 0.1) is 11.6 Å². The smallest absolute Gasteiger partial charge is 0.129 e. The molecule has 1 atom stereocenters.